The van der Waals surface area contributed by atoms with E-state index >= 15 is 0 Å². The average Bonchev–Trinajstić information content (AvgIpc) is 3.25. The Balaban J connectivity index is 0.000000440. The van der Waals surface area contributed by atoms with E-state index in [0.29, 0.717) is 30.8 Å². The number of ether oxygens (including phenoxy) is 2. The van der Waals surface area contributed by atoms with Crippen LogP contribution in [0.5, 0.6) is 34.5 Å². The molecule has 0 spiro atoms. The van der Waals surface area contributed by atoms with E-state index in [0.717, 1.165) is 38.5 Å². The van der Waals surface area contributed by atoms with Gasteiger partial charge in [-0.1, -0.05) is 192 Å². The predicted molar refractivity (Wildman–Crippen MR) is 260 cm³/mol. The van der Waals surface area contributed by atoms with Crippen LogP contribution in [-0.4, -0.2) is 68.8 Å². The Bertz CT molecular complexity index is 1950. The summed E-state index contributed by atoms with van der Waals surface area (Å²) in [4.78, 5) is -0.745. The molecular weight excluding hydrogens is 889 g/mol. The van der Waals surface area contributed by atoms with Crippen LogP contribution < -0.4 is 14.6 Å². The second-order valence-corrected chi connectivity index (χ2v) is 19.6. The summed E-state index contributed by atoms with van der Waals surface area (Å²) in [5.74, 6) is 0.579. The van der Waals surface area contributed by atoms with Crippen LogP contribution in [-0.2, 0) is 33.1 Å². The molecule has 65 heavy (non-hydrogen) atoms. The van der Waals surface area contributed by atoms with E-state index in [-0.39, 0.29) is 71.0 Å². The molecule has 2 N–H and O–H groups in total. The molecule has 356 valence electrons. The van der Waals surface area contributed by atoms with E-state index in [1.807, 2.05) is 12.1 Å². The van der Waals surface area contributed by atoms with Crippen molar-refractivity contribution in [2.24, 2.45) is 0 Å². The van der Waals surface area contributed by atoms with Crippen LogP contribution in [0.25, 0.3) is 0 Å². The normalized spacial score (nSPS) is 11.4. The standard InChI is InChI=1S/2C26H38O5S.Ca/c2*1-2-3-4-5-6-7-8-9-10-11-12-16-19-24-25(27)20-23(21-26(24)32(28,29)30)31-22-17-14-13-15-18-22;/h2*13-15,17-18,20-21,27H,2-12,16,19H2,1H3,(H,28,29,30);/q;;+2/p-2. The van der Waals surface area contributed by atoms with Crippen LogP contribution in [0.2, 0.25) is 0 Å². The van der Waals surface area contributed by atoms with Crippen LogP contribution in [0, 0.1) is 0 Å². The number of phenolic OH excluding ortho intramolecular Hbond substituents is 1. The van der Waals surface area contributed by atoms with Crippen molar-refractivity contribution in [2.45, 2.75) is 191 Å². The zero-order chi connectivity index (χ0) is 46.5. The summed E-state index contributed by atoms with van der Waals surface area (Å²) in [6, 6.07) is 22.7. The number of benzene rings is 4. The van der Waals surface area contributed by atoms with E-state index in [1.165, 1.54) is 133 Å². The first-order valence-electron chi connectivity index (χ1n) is 23.9. The number of phenols is 1. The third-order valence-corrected chi connectivity index (χ3v) is 13.2. The van der Waals surface area contributed by atoms with Crippen molar-refractivity contribution < 1.29 is 45.6 Å². The maximum Gasteiger partial charge on any atom is 2.00 e. The summed E-state index contributed by atoms with van der Waals surface area (Å²) in [6.07, 6.45) is 29.4. The molecule has 0 aliphatic rings. The number of hydrogen-bond donors (Lipinski definition) is 2. The monoisotopic (exact) mass is 962 g/mol. The molecule has 0 fully saturated rings. The molecule has 0 atom stereocenters. The number of unbranched alkanes of at least 4 members (excludes halogenated alkanes) is 22. The fraction of sp³-hybridized carbons (Fsp3) is 0.538. The van der Waals surface area contributed by atoms with Gasteiger partial charge in [0.1, 0.15) is 43.8 Å². The van der Waals surface area contributed by atoms with Gasteiger partial charge in [-0.2, -0.15) is 8.42 Å². The molecule has 0 bridgehead atoms. The van der Waals surface area contributed by atoms with Gasteiger partial charge >= 0.3 is 37.7 Å². The van der Waals surface area contributed by atoms with Gasteiger partial charge in [-0.15, -0.1) is 5.75 Å². The van der Waals surface area contributed by atoms with E-state index in [1.54, 1.807) is 48.5 Å². The smallest absolute Gasteiger partial charge is 0.872 e. The summed E-state index contributed by atoms with van der Waals surface area (Å²) < 4.78 is 80.1. The Morgan fingerprint density at radius 2 is 0.800 bits per heavy atom. The van der Waals surface area contributed by atoms with Gasteiger partial charge in [0.05, 0.1) is 4.90 Å². The van der Waals surface area contributed by atoms with Crippen molar-refractivity contribution in [1.82, 2.24) is 0 Å². The van der Waals surface area contributed by atoms with Gasteiger partial charge in [0.15, 0.2) is 0 Å². The van der Waals surface area contributed by atoms with E-state index in [9.17, 15) is 36.2 Å². The van der Waals surface area contributed by atoms with Crippen LogP contribution >= 0.6 is 0 Å². The number of hydrogen-bond acceptors (Lipinski definition) is 9. The first kappa shape index (κ1) is 58.3. The summed E-state index contributed by atoms with van der Waals surface area (Å²) in [5.41, 5.74) is 0.326. The van der Waals surface area contributed by atoms with Crippen molar-refractivity contribution in [2.75, 3.05) is 0 Å². The number of para-hydroxylation sites is 2. The molecule has 10 nitrogen and oxygen atoms in total. The fourth-order valence-electron chi connectivity index (χ4n) is 7.81. The molecule has 0 aliphatic heterocycles. The van der Waals surface area contributed by atoms with Crippen molar-refractivity contribution in [3.63, 3.8) is 0 Å². The first-order chi connectivity index (χ1) is 30.8. The number of rotatable bonds is 32. The zero-order valence-corrected chi connectivity index (χ0v) is 43.0. The second kappa shape index (κ2) is 33.6. The Hall–Kier alpha value is -2.84. The topological polar surface area (TPSA) is 173 Å². The molecule has 0 aliphatic carbocycles. The predicted octanol–water partition coefficient (Wildman–Crippen LogP) is 14.0. The van der Waals surface area contributed by atoms with E-state index in [4.69, 9.17) is 9.47 Å². The molecule has 0 unspecified atom stereocenters. The Labute approximate surface area is 421 Å². The van der Waals surface area contributed by atoms with Gasteiger partial charge in [0.2, 0.25) is 0 Å². The molecule has 13 heteroatoms. The van der Waals surface area contributed by atoms with Gasteiger partial charge in [-0.05, 0) is 67.6 Å². The molecule has 0 radical (unpaired) electrons. The summed E-state index contributed by atoms with van der Waals surface area (Å²) >= 11 is 0. The summed E-state index contributed by atoms with van der Waals surface area (Å²) in [5, 5.41) is 23.0. The Morgan fingerprint density at radius 1 is 0.462 bits per heavy atom. The van der Waals surface area contributed by atoms with Crippen LogP contribution in [0.15, 0.2) is 94.7 Å². The zero-order valence-electron chi connectivity index (χ0n) is 39.2. The van der Waals surface area contributed by atoms with Crippen LogP contribution in [0.3, 0.4) is 0 Å². The second-order valence-electron chi connectivity index (χ2n) is 16.9. The largest absolute Gasteiger partial charge is 2.00 e. The third-order valence-electron chi connectivity index (χ3n) is 11.4. The van der Waals surface area contributed by atoms with E-state index < -0.39 is 30.9 Å². The Morgan fingerprint density at radius 3 is 1.17 bits per heavy atom. The molecule has 0 saturated carbocycles. The van der Waals surface area contributed by atoms with Gasteiger partial charge in [-0.25, -0.2) is 8.42 Å². The first-order valence-corrected chi connectivity index (χ1v) is 26.8. The summed E-state index contributed by atoms with van der Waals surface area (Å²) in [7, 11) is -9.24. The minimum atomic E-state index is -4.77. The Kier molecular flexibility index (Phi) is 30.1. The van der Waals surface area contributed by atoms with Gasteiger partial charge in [0, 0.05) is 17.7 Å². The maximum absolute atomic E-state index is 12.5. The van der Waals surface area contributed by atoms with Gasteiger partial charge < -0.3 is 24.2 Å². The van der Waals surface area contributed by atoms with Crippen molar-refractivity contribution >= 4 is 58.0 Å². The minimum absolute atomic E-state index is 0. The van der Waals surface area contributed by atoms with Crippen molar-refractivity contribution in [3.05, 3.63) is 96.1 Å². The minimum Gasteiger partial charge on any atom is -0.872 e. The SMILES string of the molecule is CCCCCCCCCCCCCCc1c(O)cc(Oc2ccccc2)cc1S(=O)(=O)O.CCCCCCCCCCCCCCc1c([O-])cc(Oc2ccccc2)cc1S(=O)(=O)[O-].[Ca+2]. The molecule has 4 aromatic carbocycles. The van der Waals surface area contributed by atoms with E-state index in [2.05, 4.69) is 13.8 Å². The molecule has 0 amide bonds. The quantitative estimate of drug-likeness (QED) is 0.0272. The average molecular weight is 963 g/mol. The third kappa shape index (κ3) is 24.7. The van der Waals surface area contributed by atoms with Crippen LogP contribution in [0.1, 0.15) is 179 Å². The summed E-state index contributed by atoms with van der Waals surface area (Å²) in [6.45, 7) is 4.47. The van der Waals surface area contributed by atoms with Crippen molar-refractivity contribution in [1.29, 1.82) is 0 Å². The molecule has 0 saturated heterocycles. The molecule has 0 aromatic heterocycles. The molecular formula is C52H74CaO10S2. The van der Waals surface area contributed by atoms with Gasteiger partial charge in [0.25, 0.3) is 10.1 Å². The van der Waals surface area contributed by atoms with Crippen molar-refractivity contribution in [3.8, 4) is 34.5 Å². The number of aromatic hydroxyl groups is 1. The van der Waals surface area contributed by atoms with Gasteiger partial charge in [-0.3, -0.25) is 4.55 Å². The molecule has 4 aromatic rings. The maximum atomic E-state index is 12.5. The fourth-order valence-corrected chi connectivity index (χ4v) is 9.35. The van der Waals surface area contributed by atoms with Crippen LogP contribution in [0.4, 0.5) is 0 Å². The molecule has 0 heterocycles. The molecule has 4 rings (SSSR count).